The molecular weight excluding hydrogens is 170 g/mol. The van der Waals surface area contributed by atoms with Crippen molar-refractivity contribution in [3.05, 3.63) is 36.0 Å². The highest BCUT2D eigenvalue weighted by molar-refractivity contribution is 5.26. The molecule has 0 aliphatic carbocycles. The van der Waals surface area contributed by atoms with E-state index in [1.807, 2.05) is 13.8 Å². The molecule has 2 heteroatoms. The van der Waals surface area contributed by atoms with E-state index in [1.54, 1.807) is 6.92 Å². The maximum atomic E-state index is 12.9. The lowest BCUT2D eigenvalue weighted by Crippen LogP contribution is -1.88. The van der Waals surface area contributed by atoms with Crippen molar-refractivity contribution in [1.29, 1.82) is 0 Å². The minimum Gasteiger partial charge on any atom is -0.212 e. The number of hydrogen-bond acceptors (Lipinski definition) is 0. The molecule has 0 radical (unpaired) electrons. The highest BCUT2D eigenvalue weighted by Gasteiger charge is 1.99. The average Bonchev–Trinajstić information content (AvgIpc) is 2.03. The molecule has 13 heavy (non-hydrogen) atoms. The molecule has 0 aromatic carbocycles. The molecule has 0 rings (SSSR count). The lowest BCUT2D eigenvalue weighted by Gasteiger charge is -2.02. The van der Waals surface area contributed by atoms with Crippen molar-refractivity contribution in [2.45, 2.75) is 27.2 Å². The van der Waals surface area contributed by atoms with Gasteiger partial charge in [-0.1, -0.05) is 27.4 Å². The van der Waals surface area contributed by atoms with Crippen molar-refractivity contribution in [1.82, 2.24) is 0 Å². The van der Waals surface area contributed by atoms with Crippen molar-refractivity contribution in [2.75, 3.05) is 0 Å². The Morgan fingerprint density at radius 1 is 1.31 bits per heavy atom. The van der Waals surface area contributed by atoms with E-state index in [9.17, 15) is 8.78 Å². The first kappa shape index (κ1) is 12.1. The number of rotatable bonds is 4. The third-order valence-electron chi connectivity index (χ3n) is 1.70. The molecular formula is C11H16F2. The fourth-order valence-corrected chi connectivity index (χ4v) is 0.637. The maximum Gasteiger partial charge on any atom is 0.126 e. The van der Waals surface area contributed by atoms with Gasteiger partial charge in [-0.15, -0.1) is 0 Å². The summed E-state index contributed by atoms with van der Waals surface area (Å²) in [6.07, 6.45) is 2.38. The summed E-state index contributed by atoms with van der Waals surface area (Å²) in [5.41, 5.74) is 0.664. The van der Waals surface area contributed by atoms with Gasteiger partial charge in [0.1, 0.15) is 11.7 Å². The van der Waals surface area contributed by atoms with Crippen LogP contribution >= 0.6 is 0 Å². The molecule has 0 atom stereocenters. The summed E-state index contributed by atoms with van der Waals surface area (Å²) >= 11 is 0. The second-order valence-corrected chi connectivity index (χ2v) is 3.20. The Labute approximate surface area is 78.7 Å². The Bertz CT molecular complexity index is 234. The Morgan fingerprint density at radius 2 is 1.85 bits per heavy atom. The van der Waals surface area contributed by atoms with Crippen molar-refractivity contribution >= 4 is 0 Å². The summed E-state index contributed by atoms with van der Waals surface area (Å²) in [7, 11) is 0. The van der Waals surface area contributed by atoms with Crippen molar-refractivity contribution < 1.29 is 8.78 Å². The first-order valence-corrected chi connectivity index (χ1v) is 4.39. The topological polar surface area (TPSA) is 0 Å². The van der Waals surface area contributed by atoms with Crippen LogP contribution in [0.15, 0.2) is 36.0 Å². The summed E-state index contributed by atoms with van der Waals surface area (Å²) in [5.74, 6) is -0.841. The van der Waals surface area contributed by atoms with Crippen LogP contribution < -0.4 is 0 Å². The Balaban J connectivity index is 4.42. The van der Waals surface area contributed by atoms with Gasteiger partial charge in [-0.05, 0) is 24.0 Å². The molecule has 0 aromatic rings. The summed E-state index contributed by atoms with van der Waals surface area (Å²) < 4.78 is 25.5. The fraction of sp³-hybridized carbons (Fsp3) is 0.455. The van der Waals surface area contributed by atoms with Crippen LogP contribution in [0.2, 0.25) is 0 Å². The third-order valence-corrected chi connectivity index (χ3v) is 1.70. The van der Waals surface area contributed by atoms with E-state index in [0.717, 1.165) is 6.08 Å². The van der Waals surface area contributed by atoms with E-state index < -0.39 is 11.7 Å². The lowest BCUT2D eigenvalue weighted by molar-refractivity contribution is 0.586. The van der Waals surface area contributed by atoms with E-state index in [1.165, 1.54) is 6.08 Å². The monoisotopic (exact) mass is 186 g/mol. The minimum atomic E-state index is -0.571. The summed E-state index contributed by atoms with van der Waals surface area (Å²) in [6.45, 7) is 9.11. The molecule has 0 nitrogen and oxygen atoms in total. The molecule has 0 aromatic heterocycles. The quantitative estimate of drug-likeness (QED) is 0.574. The molecule has 0 aliphatic rings. The highest BCUT2D eigenvalue weighted by atomic mass is 19.1. The molecule has 0 aliphatic heterocycles. The van der Waals surface area contributed by atoms with Crippen LogP contribution in [0.3, 0.4) is 0 Å². The lowest BCUT2D eigenvalue weighted by atomic mass is 10.0. The first-order chi connectivity index (χ1) is 5.97. The highest BCUT2D eigenvalue weighted by Crippen LogP contribution is 2.14. The molecule has 0 spiro atoms. The Kier molecular flexibility index (Phi) is 5.28. The van der Waals surface area contributed by atoms with Gasteiger partial charge in [-0.25, -0.2) is 8.78 Å². The van der Waals surface area contributed by atoms with Crippen molar-refractivity contribution in [2.24, 2.45) is 5.92 Å². The van der Waals surface area contributed by atoms with Crippen LogP contribution in [-0.4, -0.2) is 0 Å². The SMILES string of the molecule is C=C(/C=C(F)\C=C(\F)CC)C(C)C. The number of hydrogen-bond donors (Lipinski definition) is 0. The molecule has 0 bridgehead atoms. The fourth-order valence-electron chi connectivity index (χ4n) is 0.637. The largest absolute Gasteiger partial charge is 0.212 e. The molecule has 0 N–H and O–H groups in total. The van der Waals surface area contributed by atoms with Crippen LogP contribution in [-0.2, 0) is 0 Å². The van der Waals surface area contributed by atoms with Gasteiger partial charge < -0.3 is 0 Å². The summed E-state index contributed by atoms with van der Waals surface area (Å²) in [5, 5.41) is 0. The predicted octanol–water partition coefficient (Wildman–Crippen LogP) is 4.32. The normalized spacial score (nSPS) is 13.7. The number of halogens is 2. The molecule has 0 heterocycles. The standard InChI is InChI=1S/C11H16F2/c1-5-10(12)7-11(13)6-9(4)8(2)3/h6-8H,4-5H2,1-3H3/b10-7+,11-6+. The molecule has 0 saturated heterocycles. The zero-order chi connectivity index (χ0) is 10.4. The smallest absolute Gasteiger partial charge is 0.126 e. The molecule has 74 valence electrons. The molecule has 0 unspecified atom stereocenters. The second kappa shape index (κ2) is 5.68. The van der Waals surface area contributed by atoms with Gasteiger partial charge in [0, 0.05) is 6.08 Å². The zero-order valence-electron chi connectivity index (χ0n) is 8.40. The van der Waals surface area contributed by atoms with E-state index in [4.69, 9.17) is 0 Å². The minimum absolute atomic E-state index is 0.184. The average molecular weight is 186 g/mol. The first-order valence-electron chi connectivity index (χ1n) is 4.39. The summed E-state index contributed by atoms with van der Waals surface area (Å²) in [4.78, 5) is 0. The van der Waals surface area contributed by atoms with Crippen molar-refractivity contribution in [3.63, 3.8) is 0 Å². The van der Waals surface area contributed by atoms with Gasteiger partial charge in [0.2, 0.25) is 0 Å². The maximum absolute atomic E-state index is 12.9. The van der Waals surface area contributed by atoms with Crippen LogP contribution in [0.25, 0.3) is 0 Å². The van der Waals surface area contributed by atoms with Gasteiger partial charge in [0.15, 0.2) is 0 Å². The van der Waals surface area contributed by atoms with Crippen LogP contribution in [0, 0.1) is 5.92 Å². The number of allylic oxidation sites excluding steroid dienone is 5. The molecule has 0 fully saturated rings. The predicted molar refractivity (Wildman–Crippen MR) is 52.7 cm³/mol. The zero-order valence-corrected chi connectivity index (χ0v) is 8.40. The van der Waals surface area contributed by atoms with Crippen LogP contribution in [0.5, 0.6) is 0 Å². The Hall–Kier alpha value is -0.920. The van der Waals surface area contributed by atoms with Gasteiger partial charge in [0.25, 0.3) is 0 Å². The van der Waals surface area contributed by atoms with Gasteiger partial charge >= 0.3 is 0 Å². The van der Waals surface area contributed by atoms with Crippen LogP contribution in [0.4, 0.5) is 8.78 Å². The van der Waals surface area contributed by atoms with Crippen molar-refractivity contribution in [3.8, 4) is 0 Å². The molecule has 0 saturated carbocycles. The van der Waals surface area contributed by atoms with E-state index in [0.29, 0.717) is 5.57 Å². The Morgan fingerprint density at radius 3 is 2.23 bits per heavy atom. The van der Waals surface area contributed by atoms with E-state index in [2.05, 4.69) is 6.58 Å². The van der Waals surface area contributed by atoms with E-state index >= 15 is 0 Å². The van der Waals surface area contributed by atoms with E-state index in [-0.39, 0.29) is 12.3 Å². The molecule has 0 amide bonds. The van der Waals surface area contributed by atoms with Gasteiger partial charge in [-0.2, -0.15) is 0 Å². The van der Waals surface area contributed by atoms with Gasteiger partial charge in [0.05, 0.1) is 0 Å². The second-order valence-electron chi connectivity index (χ2n) is 3.20. The summed E-state index contributed by atoms with van der Waals surface area (Å²) in [6, 6.07) is 0. The third kappa shape index (κ3) is 5.34. The van der Waals surface area contributed by atoms with Gasteiger partial charge in [-0.3, -0.25) is 0 Å². The van der Waals surface area contributed by atoms with Crippen LogP contribution in [0.1, 0.15) is 27.2 Å².